The second-order valence-electron chi connectivity index (χ2n) is 4.73. The summed E-state index contributed by atoms with van der Waals surface area (Å²) < 4.78 is 5.58. The maximum atomic E-state index is 12.3. The molecule has 1 heterocycles. The molecule has 2 aromatic rings. The summed E-state index contributed by atoms with van der Waals surface area (Å²) in [7, 11) is 0. The molecule has 0 saturated carbocycles. The Morgan fingerprint density at radius 2 is 1.81 bits per heavy atom. The minimum atomic E-state index is -0.232. The van der Waals surface area contributed by atoms with Gasteiger partial charge < -0.3 is 9.84 Å². The number of Topliss-reactive ketones (excluding diaryl/α,β-unsaturated/α-hetero) is 1. The molecule has 0 aromatic heterocycles. The molecule has 5 heteroatoms. The number of ketones is 1. The van der Waals surface area contributed by atoms with Crippen LogP contribution in [0.5, 0.6) is 11.5 Å². The topological polar surface area (TPSA) is 46.5 Å². The van der Waals surface area contributed by atoms with Crippen molar-refractivity contribution in [3.05, 3.63) is 62.8 Å². The van der Waals surface area contributed by atoms with Crippen LogP contribution in [0.15, 0.2) is 36.1 Å². The minimum Gasteiger partial charge on any atom is -0.508 e. The van der Waals surface area contributed by atoms with E-state index in [0.717, 1.165) is 0 Å². The molecule has 0 aliphatic carbocycles. The molecule has 0 fully saturated rings. The van der Waals surface area contributed by atoms with E-state index in [1.54, 1.807) is 37.3 Å². The molecule has 1 aliphatic heterocycles. The van der Waals surface area contributed by atoms with E-state index in [4.69, 9.17) is 27.9 Å². The molecule has 106 valence electrons. The van der Waals surface area contributed by atoms with Gasteiger partial charge in [-0.15, -0.1) is 0 Å². The summed E-state index contributed by atoms with van der Waals surface area (Å²) in [5.74, 6) is 0.425. The lowest BCUT2D eigenvalue weighted by atomic mass is 10.1. The highest BCUT2D eigenvalue weighted by Gasteiger charge is 2.29. The van der Waals surface area contributed by atoms with Crippen LogP contribution in [-0.2, 0) is 0 Å². The van der Waals surface area contributed by atoms with E-state index in [2.05, 4.69) is 0 Å². The van der Waals surface area contributed by atoms with Gasteiger partial charge in [-0.2, -0.15) is 0 Å². The Labute approximate surface area is 131 Å². The van der Waals surface area contributed by atoms with Crippen LogP contribution in [-0.4, -0.2) is 10.9 Å². The molecule has 0 atom stereocenters. The van der Waals surface area contributed by atoms with E-state index < -0.39 is 0 Å². The lowest BCUT2D eigenvalue weighted by Gasteiger charge is -2.04. The van der Waals surface area contributed by atoms with Crippen LogP contribution in [0.3, 0.4) is 0 Å². The predicted molar refractivity (Wildman–Crippen MR) is 82.2 cm³/mol. The van der Waals surface area contributed by atoms with Gasteiger partial charge in [0.25, 0.3) is 0 Å². The van der Waals surface area contributed by atoms with Crippen molar-refractivity contribution in [3.8, 4) is 11.5 Å². The quantitative estimate of drug-likeness (QED) is 0.779. The maximum absolute atomic E-state index is 12.3. The number of carbonyl (C=O) groups is 1. The average molecular weight is 321 g/mol. The number of ether oxygens (including phenoxy) is 1. The van der Waals surface area contributed by atoms with Crippen molar-refractivity contribution in [1.29, 1.82) is 0 Å². The van der Waals surface area contributed by atoms with Gasteiger partial charge >= 0.3 is 0 Å². The van der Waals surface area contributed by atoms with Crippen LogP contribution in [0.2, 0.25) is 10.0 Å². The number of phenols is 1. The van der Waals surface area contributed by atoms with E-state index in [1.807, 2.05) is 0 Å². The fourth-order valence-electron chi connectivity index (χ4n) is 2.19. The van der Waals surface area contributed by atoms with Gasteiger partial charge in [-0.05, 0) is 48.9 Å². The Bertz CT molecular complexity index is 774. The number of halogens is 2. The van der Waals surface area contributed by atoms with Crippen molar-refractivity contribution < 1.29 is 14.6 Å². The highest BCUT2D eigenvalue weighted by molar-refractivity contribution is 6.34. The van der Waals surface area contributed by atoms with Gasteiger partial charge in [0.1, 0.15) is 11.5 Å². The van der Waals surface area contributed by atoms with Crippen molar-refractivity contribution in [2.45, 2.75) is 6.92 Å². The first-order valence-electron chi connectivity index (χ1n) is 6.18. The number of fused-ring (bicyclic) bond motifs is 1. The number of carbonyl (C=O) groups excluding carboxylic acids is 1. The molecular weight excluding hydrogens is 311 g/mol. The molecule has 0 spiro atoms. The van der Waals surface area contributed by atoms with Crippen LogP contribution in [0.25, 0.3) is 6.08 Å². The standard InChI is InChI=1S/C16H10Cl2O3/c1-8-13(19)3-2-12-15(20)14(21-16(8)12)6-9-4-10(17)7-11(18)5-9/h2-7,19H,1H3/b14-6-. The first-order chi connectivity index (χ1) is 9.95. The van der Waals surface area contributed by atoms with Crippen LogP contribution in [0.1, 0.15) is 21.5 Å². The van der Waals surface area contributed by atoms with Crippen molar-refractivity contribution in [2.75, 3.05) is 0 Å². The van der Waals surface area contributed by atoms with E-state index in [0.29, 0.717) is 32.5 Å². The molecule has 1 aliphatic rings. The third-order valence-electron chi connectivity index (χ3n) is 3.24. The maximum Gasteiger partial charge on any atom is 0.231 e. The summed E-state index contributed by atoms with van der Waals surface area (Å²) in [5, 5.41) is 10.6. The first-order valence-corrected chi connectivity index (χ1v) is 6.94. The van der Waals surface area contributed by atoms with Crippen molar-refractivity contribution in [2.24, 2.45) is 0 Å². The molecule has 0 unspecified atom stereocenters. The van der Waals surface area contributed by atoms with E-state index in [-0.39, 0.29) is 17.3 Å². The average Bonchev–Trinajstić information content (AvgIpc) is 2.71. The molecular formula is C16H10Cl2O3. The monoisotopic (exact) mass is 320 g/mol. The van der Waals surface area contributed by atoms with E-state index >= 15 is 0 Å². The molecule has 21 heavy (non-hydrogen) atoms. The van der Waals surface area contributed by atoms with Crippen LogP contribution >= 0.6 is 23.2 Å². The Morgan fingerprint density at radius 1 is 1.14 bits per heavy atom. The van der Waals surface area contributed by atoms with Gasteiger partial charge in [0.05, 0.1) is 5.56 Å². The summed E-state index contributed by atoms with van der Waals surface area (Å²) in [4.78, 5) is 12.3. The summed E-state index contributed by atoms with van der Waals surface area (Å²) in [6.07, 6.45) is 1.58. The third-order valence-corrected chi connectivity index (χ3v) is 3.68. The zero-order chi connectivity index (χ0) is 15.1. The molecule has 3 rings (SSSR count). The van der Waals surface area contributed by atoms with Crippen molar-refractivity contribution >= 4 is 35.1 Å². The fourth-order valence-corrected chi connectivity index (χ4v) is 2.73. The lowest BCUT2D eigenvalue weighted by Crippen LogP contribution is -1.97. The van der Waals surface area contributed by atoms with Crippen LogP contribution < -0.4 is 4.74 Å². The largest absolute Gasteiger partial charge is 0.508 e. The molecule has 2 aromatic carbocycles. The number of phenolic OH excluding ortho intramolecular Hbond substituents is 1. The molecule has 0 bridgehead atoms. The highest BCUT2D eigenvalue weighted by Crippen LogP contribution is 2.38. The zero-order valence-electron chi connectivity index (χ0n) is 11.0. The normalized spacial score (nSPS) is 15.2. The summed E-state index contributed by atoms with van der Waals surface area (Å²) in [5.41, 5.74) is 1.64. The third kappa shape index (κ3) is 2.50. The number of rotatable bonds is 1. The van der Waals surface area contributed by atoms with Gasteiger partial charge in [-0.1, -0.05) is 23.2 Å². The smallest absolute Gasteiger partial charge is 0.231 e. The SMILES string of the molecule is Cc1c(O)ccc2c1O/C(=C\c1cc(Cl)cc(Cl)c1)C2=O. The minimum absolute atomic E-state index is 0.0913. The number of allylic oxidation sites excluding steroid dienone is 1. The second-order valence-corrected chi connectivity index (χ2v) is 5.60. The van der Waals surface area contributed by atoms with Crippen molar-refractivity contribution in [3.63, 3.8) is 0 Å². The van der Waals surface area contributed by atoms with Crippen molar-refractivity contribution in [1.82, 2.24) is 0 Å². The predicted octanol–water partition coefficient (Wildman–Crippen LogP) is 4.62. The first kappa shape index (κ1) is 14.0. The molecule has 1 N–H and O–H groups in total. The van der Waals surface area contributed by atoms with Crippen LogP contribution in [0, 0.1) is 6.92 Å². The van der Waals surface area contributed by atoms with E-state index in [9.17, 15) is 9.90 Å². The molecule has 0 saturated heterocycles. The van der Waals surface area contributed by atoms with E-state index in [1.165, 1.54) is 6.07 Å². The number of aromatic hydroxyl groups is 1. The van der Waals surface area contributed by atoms with Crippen LogP contribution in [0.4, 0.5) is 0 Å². The number of hydrogen-bond donors (Lipinski definition) is 1. The number of benzene rings is 2. The molecule has 0 radical (unpaired) electrons. The zero-order valence-corrected chi connectivity index (χ0v) is 12.5. The number of hydrogen-bond acceptors (Lipinski definition) is 3. The van der Waals surface area contributed by atoms with Gasteiger partial charge in [0, 0.05) is 15.6 Å². The fraction of sp³-hybridized carbons (Fsp3) is 0.0625. The molecule has 0 amide bonds. The lowest BCUT2D eigenvalue weighted by molar-refractivity contribution is 0.101. The summed E-state index contributed by atoms with van der Waals surface area (Å²) in [6, 6.07) is 8.01. The Balaban J connectivity index is 2.05. The van der Waals surface area contributed by atoms with Gasteiger partial charge in [0.2, 0.25) is 5.78 Å². The van der Waals surface area contributed by atoms with Gasteiger partial charge in [0.15, 0.2) is 5.76 Å². The summed E-state index contributed by atoms with van der Waals surface area (Å²) >= 11 is 11.9. The van der Waals surface area contributed by atoms with Gasteiger partial charge in [-0.3, -0.25) is 4.79 Å². The molecule has 3 nitrogen and oxygen atoms in total. The Hall–Kier alpha value is -1.97. The van der Waals surface area contributed by atoms with Gasteiger partial charge in [-0.25, -0.2) is 0 Å². The summed E-state index contributed by atoms with van der Waals surface area (Å²) in [6.45, 7) is 1.70. The Morgan fingerprint density at radius 3 is 2.48 bits per heavy atom. The second kappa shape index (κ2) is 5.10. The highest BCUT2D eigenvalue weighted by atomic mass is 35.5. The Kier molecular flexibility index (Phi) is 3.40.